The summed E-state index contributed by atoms with van der Waals surface area (Å²) in [6, 6.07) is 7.70. The first-order valence-electron chi connectivity index (χ1n) is 10.0. The van der Waals surface area contributed by atoms with Crippen LogP contribution < -0.4 is 4.90 Å². The maximum Gasteiger partial charge on any atom is 0.165 e. The molecule has 1 aromatic carbocycles. The minimum absolute atomic E-state index is 0.0287. The number of nitrogens with zero attached hydrogens (tertiary/aromatic N) is 5. The molecule has 0 bridgehead atoms. The lowest BCUT2D eigenvalue weighted by Crippen LogP contribution is -2.38. The van der Waals surface area contributed by atoms with Crippen molar-refractivity contribution in [2.24, 2.45) is 11.8 Å². The van der Waals surface area contributed by atoms with E-state index in [9.17, 15) is 10.2 Å². The standard InChI is InChI=1S/C21H24FN5O2/c22-21(11-29)10-26(8-17(21)14-5-6-14)19-18-20(24-12-23-19)27(13-25-18)7-15-3-1-2-4-16(15)9-28/h1-4,12-14,17,28-29H,5-11H2. The first kappa shape index (κ1) is 18.4. The molecule has 2 atom stereocenters. The van der Waals surface area contributed by atoms with Gasteiger partial charge >= 0.3 is 0 Å². The molecule has 2 fully saturated rings. The summed E-state index contributed by atoms with van der Waals surface area (Å²) in [6.07, 6.45) is 5.25. The molecule has 1 aliphatic carbocycles. The van der Waals surface area contributed by atoms with Crippen LogP contribution in [0, 0.1) is 11.8 Å². The molecule has 29 heavy (non-hydrogen) atoms. The van der Waals surface area contributed by atoms with Gasteiger partial charge in [-0.1, -0.05) is 24.3 Å². The Morgan fingerprint density at radius 2 is 1.90 bits per heavy atom. The predicted octanol–water partition coefficient (Wildman–Crippen LogP) is 1.91. The normalized spacial score (nSPS) is 24.5. The minimum Gasteiger partial charge on any atom is -0.393 e. The highest BCUT2D eigenvalue weighted by Gasteiger charge is 2.53. The van der Waals surface area contributed by atoms with E-state index < -0.39 is 12.3 Å². The van der Waals surface area contributed by atoms with Crippen molar-refractivity contribution in [2.45, 2.75) is 31.7 Å². The van der Waals surface area contributed by atoms with Gasteiger partial charge in [0.05, 0.1) is 32.6 Å². The molecule has 8 heteroatoms. The molecule has 2 unspecified atom stereocenters. The maximum absolute atomic E-state index is 15.3. The number of aliphatic hydroxyl groups excluding tert-OH is 2. The summed E-state index contributed by atoms with van der Waals surface area (Å²) in [5.74, 6) is 0.792. The van der Waals surface area contributed by atoms with Crippen LogP contribution in [0.15, 0.2) is 36.9 Å². The van der Waals surface area contributed by atoms with Crippen molar-refractivity contribution in [3.63, 3.8) is 0 Å². The van der Waals surface area contributed by atoms with Crippen LogP contribution in [0.1, 0.15) is 24.0 Å². The monoisotopic (exact) mass is 397 g/mol. The van der Waals surface area contributed by atoms with Crippen LogP contribution in [-0.4, -0.2) is 55.1 Å². The topological polar surface area (TPSA) is 87.3 Å². The van der Waals surface area contributed by atoms with Gasteiger partial charge in [-0.2, -0.15) is 0 Å². The molecule has 152 valence electrons. The summed E-state index contributed by atoms with van der Waals surface area (Å²) in [7, 11) is 0. The molecule has 5 rings (SSSR count). The summed E-state index contributed by atoms with van der Waals surface area (Å²) in [5.41, 5.74) is 1.56. The number of aliphatic hydroxyl groups is 2. The molecule has 2 aromatic heterocycles. The molecule has 0 spiro atoms. The molecule has 1 saturated heterocycles. The highest BCUT2D eigenvalue weighted by molar-refractivity contribution is 5.83. The molecule has 7 nitrogen and oxygen atoms in total. The fraction of sp³-hybridized carbons (Fsp3) is 0.476. The number of imidazole rings is 1. The van der Waals surface area contributed by atoms with Crippen molar-refractivity contribution in [1.82, 2.24) is 19.5 Å². The lowest BCUT2D eigenvalue weighted by atomic mass is 9.89. The molecule has 3 aromatic rings. The number of fused-ring (bicyclic) bond motifs is 1. The van der Waals surface area contributed by atoms with Crippen LogP contribution in [-0.2, 0) is 13.2 Å². The van der Waals surface area contributed by atoms with Gasteiger partial charge in [0, 0.05) is 12.5 Å². The number of rotatable bonds is 6. The summed E-state index contributed by atoms with van der Waals surface area (Å²) < 4.78 is 17.2. The third kappa shape index (κ3) is 3.16. The highest BCUT2D eigenvalue weighted by Crippen LogP contribution is 2.48. The van der Waals surface area contributed by atoms with E-state index in [2.05, 4.69) is 15.0 Å². The Morgan fingerprint density at radius 3 is 2.62 bits per heavy atom. The van der Waals surface area contributed by atoms with Gasteiger partial charge in [-0.25, -0.2) is 19.3 Å². The van der Waals surface area contributed by atoms with Crippen molar-refractivity contribution in [1.29, 1.82) is 0 Å². The van der Waals surface area contributed by atoms with Gasteiger partial charge in [0.25, 0.3) is 0 Å². The second-order valence-corrected chi connectivity index (χ2v) is 8.19. The van der Waals surface area contributed by atoms with E-state index in [1.165, 1.54) is 6.33 Å². The van der Waals surface area contributed by atoms with Crippen molar-refractivity contribution in [2.75, 3.05) is 24.6 Å². The van der Waals surface area contributed by atoms with Crippen LogP contribution in [0.25, 0.3) is 11.2 Å². The highest BCUT2D eigenvalue weighted by atomic mass is 19.1. The number of anilines is 1. The summed E-state index contributed by atoms with van der Waals surface area (Å²) >= 11 is 0. The number of alkyl halides is 1. The van der Waals surface area contributed by atoms with Crippen LogP contribution in [0.3, 0.4) is 0 Å². The number of halogens is 1. The van der Waals surface area contributed by atoms with E-state index >= 15 is 4.39 Å². The smallest absolute Gasteiger partial charge is 0.165 e. The third-order valence-electron chi connectivity index (χ3n) is 6.30. The van der Waals surface area contributed by atoms with Crippen molar-refractivity contribution in [3.8, 4) is 0 Å². The summed E-state index contributed by atoms with van der Waals surface area (Å²) in [5, 5.41) is 19.3. The fourth-order valence-electron chi connectivity index (χ4n) is 4.56. The van der Waals surface area contributed by atoms with Gasteiger partial charge in [-0.15, -0.1) is 0 Å². The summed E-state index contributed by atoms with van der Waals surface area (Å²) in [6.45, 7) is 0.688. The van der Waals surface area contributed by atoms with Crippen molar-refractivity contribution in [3.05, 3.63) is 48.0 Å². The predicted molar refractivity (Wildman–Crippen MR) is 106 cm³/mol. The molecule has 0 radical (unpaired) electrons. The van der Waals surface area contributed by atoms with Gasteiger partial charge in [0.1, 0.15) is 6.33 Å². The first-order valence-corrected chi connectivity index (χ1v) is 10.0. The van der Waals surface area contributed by atoms with Crippen LogP contribution in [0.2, 0.25) is 0 Å². The van der Waals surface area contributed by atoms with E-state index in [0.29, 0.717) is 36.0 Å². The number of hydrogen-bond donors (Lipinski definition) is 2. The Bertz CT molecular complexity index is 1040. The molecular weight excluding hydrogens is 373 g/mol. The molecule has 3 heterocycles. The summed E-state index contributed by atoms with van der Waals surface area (Å²) in [4.78, 5) is 15.2. The average Bonchev–Trinajstić information content (AvgIpc) is 3.42. The second-order valence-electron chi connectivity index (χ2n) is 8.19. The number of hydrogen-bond acceptors (Lipinski definition) is 6. The van der Waals surface area contributed by atoms with Crippen LogP contribution in [0.4, 0.5) is 10.2 Å². The van der Waals surface area contributed by atoms with E-state index in [4.69, 9.17) is 0 Å². The van der Waals surface area contributed by atoms with Gasteiger partial charge in [-0.3, -0.25) is 0 Å². The van der Waals surface area contributed by atoms with Gasteiger partial charge in [-0.05, 0) is 29.9 Å². The fourth-order valence-corrected chi connectivity index (χ4v) is 4.56. The SMILES string of the molecule is OCc1ccccc1Cn1cnc2c(N3CC(C4CC4)C(F)(CO)C3)ncnc21. The van der Waals surface area contributed by atoms with E-state index in [0.717, 1.165) is 24.0 Å². The van der Waals surface area contributed by atoms with Crippen LogP contribution >= 0.6 is 0 Å². The quantitative estimate of drug-likeness (QED) is 0.661. The van der Waals surface area contributed by atoms with Crippen molar-refractivity contribution >= 4 is 17.0 Å². The van der Waals surface area contributed by atoms with E-state index in [-0.39, 0.29) is 19.1 Å². The van der Waals surface area contributed by atoms with Gasteiger partial charge in [0.15, 0.2) is 22.7 Å². The Kier molecular flexibility index (Phi) is 4.48. The number of aromatic nitrogens is 4. The maximum atomic E-state index is 15.3. The van der Waals surface area contributed by atoms with Gasteiger partial charge in [0.2, 0.25) is 0 Å². The Labute approximate surface area is 167 Å². The molecular formula is C21H24FN5O2. The molecule has 1 saturated carbocycles. The third-order valence-corrected chi connectivity index (χ3v) is 6.30. The molecule has 2 N–H and O–H groups in total. The lowest BCUT2D eigenvalue weighted by molar-refractivity contribution is 0.0418. The molecule has 0 amide bonds. The molecule has 1 aliphatic heterocycles. The Morgan fingerprint density at radius 1 is 1.10 bits per heavy atom. The van der Waals surface area contributed by atoms with Crippen molar-refractivity contribution < 1.29 is 14.6 Å². The van der Waals surface area contributed by atoms with Crippen LogP contribution in [0.5, 0.6) is 0 Å². The van der Waals surface area contributed by atoms with E-state index in [1.807, 2.05) is 33.7 Å². The second kappa shape index (κ2) is 7.03. The van der Waals surface area contributed by atoms with Gasteiger partial charge < -0.3 is 19.7 Å². The zero-order valence-electron chi connectivity index (χ0n) is 16.1. The lowest BCUT2D eigenvalue weighted by Gasteiger charge is -2.23. The zero-order chi connectivity index (χ0) is 20.0. The zero-order valence-corrected chi connectivity index (χ0v) is 16.1. The number of benzene rings is 1. The first-order chi connectivity index (χ1) is 14.1. The molecule has 2 aliphatic rings. The Hall–Kier alpha value is -2.58. The van der Waals surface area contributed by atoms with E-state index in [1.54, 1.807) is 6.33 Å². The Balaban J connectivity index is 1.48. The average molecular weight is 397 g/mol. The minimum atomic E-state index is -1.60. The largest absolute Gasteiger partial charge is 0.393 e.